The normalized spacial score (nSPS) is 13.3. The van der Waals surface area contributed by atoms with E-state index in [0.717, 1.165) is 128 Å². The van der Waals surface area contributed by atoms with Gasteiger partial charge in [0.1, 0.15) is 6.61 Å². The molecule has 0 fully saturated rings. The highest BCUT2D eigenvalue weighted by Gasteiger charge is 2.16. The SMILES string of the molecule is CC/C=C\C/C=C\C/C=C\C/C=C\C/C=C\C/C=C\C/C=C\C/C=C\C/C=C\C/C=C\C/C=C\CCCCCC(=O)OC(CO)COC(=O)CCCCCCCCCCCCCCCCCCCC/C=C\C/C=C\C/C=C\CCCCCCC. The van der Waals surface area contributed by atoms with Crippen molar-refractivity contribution in [1.29, 1.82) is 0 Å². The first kappa shape index (κ1) is 79.3. The molecule has 0 saturated carbocycles. The van der Waals surface area contributed by atoms with Crippen LogP contribution in [0.2, 0.25) is 0 Å². The molecule has 0 radical (unpaired) electrons. The van der Waals surface area contributed by atoms with E-state index in [4.69, 9.17) is 9.47 Å². The summed E-state index contributed by atoms with van der Waals surface area (Å²) in [6, 6.07) is 0. The highest BCUT2D eigenvalue weighted by molar-refractivity contribution is 5.70. The first-order valence-corrected chi connectivity index (χ1v) is 34.7. The van der Waals surface area contributed by atoms with Crippen molar-refractivity contribution in [2.24, 2.45) is 0 Å². The van der Waals surface area contributed by atoms with E-state index >= 15 is 0 Å². The zero-order chi connectivity index (χ0) is 60.5. The number of rotatable bonds is 62. The van der Waals surface area contributed by atoms with Crippen molar-refractivity contribution in [2.75, 3.05) is 13.2 Å². The average Bonchev–Trinajstić information content (AvgIpc) is 3.51. The lowest BCUT2D eigenvalue weighted by Crippen LogP contribution is -2.28. The minimum absolute atomic E-state index is 0.0881. The standard InChI is InChI=1S/C79H128O5/c1-3-5-7-9-11-13-15-17-19-21-23-25-27-29-31-33-35-37-38-39-40-42-44-46-48-50-52-54-56-58-60-62-64-66-68-70-72-74-79(82)84-77(75-80)76-83-78(81)73-71-69-67-65-63-61-59-57-55-53-51-49-47-45-43-41-36-34-32-30-28-26-24-22-20-18-16-14-12-10-8-6-4-2/h5,7,11,13,16-19,22-25,28-31,35,37,39-40,44,46,50,52,56,58,62,64,77,80H,3-4,6,8-10,12,14-15,20-21,26-27,32-34,36,38,41-43,45,47-49,51,53-55,57,59-61,63,65-76H2,1-2H3/b7-5-,13-11-,18-16-,19-17-,24-22-,25-23-,30-28-,31-29-,37-35-,40-39-,46-44-,52-50-,58-56-,64-62-. The van der Waals surface area contributed by atoms with Gasteiger partial charge in [0.2, 0.25) is 0 Å². The summed E-state index contributed by atoms with van der Waals surface area (Å²) in [7, 11) is 0. The van der Waals surface area contributed by atoms with Crippen LogP contribution in [0.1, 0.15) is 296 Å². The van der Waals surface area contributed by atoms with Gasteiger partial charge in [0, 0.05) is 12.8 Å². The molecule has 474 valence electrons. The fourth-order valence-corrected chi connectivity index (χ4v) is 9.33. The van der Waals surface area contributed by atoms with Crippen LogP contribution < -0.4 is 0 Å². The fraction of sp³-hybridized carbons (Fsp3) is 0.620. The summed E-state index contributed by atoms with van der Waals surface area (Å²) >= 11 is 0. The quantitative estimate of drug-likeness (QED) is 0.0373. The number of allylic oxidation sites excluding steroid dienone is 28. The van der Waals surface area contributed by atoms with Crippen LogP contribution in [0.3, 0.4) is 0 Å². The molecule has 0 aliphatic carbocycles. The molecule has 5 heteroatoms. The summed E-state index contributed by atoms with van der Waals surface area (Å²) in [6.45, 7) is 4.00. The number of esters is 2. The van der Waals surface area contributed by atoms with Crippen molar-refractivity contribution in [3.8, 4) is 0 Å². The summed E-state index contributed by atoms with van der Waals surface area (Å²) < 4.78 is 10.7. The predicted octanol–water partition coefficient (Wildman–Crippen LogP) is 24.4. The zero-order valence-electron chi connectivity index (χ0n) is 54.4. The van der Waals surface area contributed by atoms with Crippen molar-refractivity contribution in [1.82, 2.24) is 0 Å². The molecule has 0 heterocycles. The summed E-state index contributed by atoms with van der Waals surface area (Å²) in [5.74, 6) is -0.633. The van der Waals surface area contributed by atoms with Crippen LogP contribution in [0.5, 0.6) is 0 Å². The third-order valence-corrected chi connectivity index (χ3v) is 14.5. The number of carbonyl (C=O) groups excluding carboxylic acids is 2. The number of unbranched alkanes of at least 4 members (excludes halogenated alkanes) is 26. The lowest BCUT2D eigenvalue weighted by Gasteiger charge is -2.15. The summed E-state index contributed by atoms with van der Waals surface area (Å²) in [5.41, 5.74) is 0. The van der Waals surface area contributed by atoms with E-state index in [1.165, 1.54) is 141 Å². The van der Waals surface area contributed by atoms with Crippen molar-refractivity contribution < 1.29 is 24.2 Å². The van der Waals surface area contributed by atoms with Gasteiger partial charge >= 0.3 is 11.9 Å². The Bertz CT molecular complexity index is 1840. The van der Waals surface area contributed by atoms with Gasteiger partial charge in [-0.15, -0.1) is 0 Å². The monoisotopic (exact) mass is 1160 g/mol. The Morgan fingerprint density at radius 2 is 0.512 bits per heavy atom. The van der Waals surface area contributed by atoms with Gasteiger partial charge in [-0.25, -0.2) is 0 Å². The second kappa shape index (κ2) is 72.5. The highest BCUT2D eigenvalue weighted by atomic mass is 16.6. The number of carbonyl (C=O) groups is 2. The molecule has 1 atom stereocenters. The molecular weight excluding hydrogens is 1030 g/mol. The second-order valence-corrected chi connectivity index (χ2v) is 22.5. The van der Waals surface area contributed by atoms with E-state index in [1.807, 2.05) is 0 Å². The van der Waals surface area contributed by atoms with Crippen LogP contribution in [0.4, 0.5) is 0 Å². The van der Waals surface area contributed by atoms with E-state index in [9.17, 15) is 14.7 Å². The lowest BCUT2D eigenvalue weighted by atomic mass is 10.0. The maximum Gasteiger partial charge on any atom is 0.306 e. The van der Waals surface area contributed by atoms with Crippen LogP contribution in [0, 0.1) is 0 Å². The Morgan fingerprint density at radius 1 is 0.286 bits per heavy atom. The van der Waals surface area contributed by atoms with Crippen LogP contribution in [0.15, 0.2) is 170 Å². The van der Waals surface area contributed by atoms with Gasteiger partial charge in [0.25, 0.3) is 0 Å². The molecule has 84 heavy (non-hydrogen) atoms. The molecule has 0 aromatic rings. The molecule has 0 aliphatic heterocycles. The largest absolute Gasteiger partial charge is 0.462 e. The molecule has 5 nitrogen and oxygen atoms in total. The molecular formula is C79H128O5. The Hall–Kier alpha value is -4.74. The Balaban J connectivity index is 3.60. The number of hydrogen-bond donors (Lipinski definition) is 1. The Morgan fingerprint density at radius 3 is 0.786 bits per heavy atom. The highest BCUT2D eigenvalue weighted by Crippen LogP contribution is 2.16. The molecule has 0 aromatic heterocycles. The van der Waals surface area contributed by atoms with Crippen molar-refractivity contribution in [3.05, 3.63) is 170 Å². The summed E-state index contributed by atoms with van der Waals surface area (Å²) in [6.07, 6.45) is 112. The van der Waals surface area contributed by atoms with Crippen LogP contribution in [0.25, 0.3) is 0 Å². The molecule has 1 N–H and O–H groups in total. The smallest absolute Gasteiger partial charge is 0.306 e. The van der Waals surface area contributed by atoms with Gasteiger partial charge in [-0.3, -0.25) is 9.59 Å². The molecule has 1 unspecified atom stereocenters. The van der Waals surface area contributed by atoms with Crippen LogP contribution >= 0.6 is 0 Å². The molecule has 0 aromatic carbocycles. The van der Waals surface area contributed by atoms with Crippen LogP contribution in [-0.2, 0) is 19.1 Å². The minimum Gasteiger partial charge on any atom is -0.462 e. The van der Waals surface area contributed by atoms with E-state index in [2.05, 4.69) is 184 Å². The molecule has 0 spiro atoms. The summed E-state index contributed by atoms with van der Waals surface area (Å²) in [4.78, 5) is 24.6. The fourth-order valence-electron chi connectivity index (χ4n) is 9.33. The minimum atomic E-state index is -0.803. The van der Waals surface area contributed by atoms with Crippen molar-refractivity contribution in [2.45, 2.75) is 302 Å². The molecule has 0 aliphatic rings. The van der Waals surface area contributed by atoms with Gasteiger partial charge in [-0.2, -0.15) is 0 Å². The molecule has 0 bridgehead atoms. The zero-order valence-corrected chi connectivity index (χ0v) is 54.4. The van der Waals surface area contributed by atoms with Crippen molar-refractivity contribution >= 4 is 11.9 Å². The third kappa shape index (κ3) is 69.8. The van der Waals surface area contributed by atoms with E-state index in [1.54, 1.807) is 0 Å². The first-order valence-electron chi connectivity index (χ1n) is 34.7. The number of ether oxygens (including phenoxy) is 2. The van der Waals surface area contributed by atoms with Gasteiger partial charge in [-0.05, 0) is 135 Å². The first-order chi connectivity index (χ1) is 41.6. The second-order valence-electron chi connectivity index (χ2n) is 22.5. The average molecular weight is 1160 g/mol. The van der Waals surface area contributed by atoms with Crippen LogP contribution in [-0.4, -0.2) is 36.4 Å². The van der Waals surface area contributed by atoms with Crippen molar-refractivity contribution in [3.63, 3.8) is 0 Å². The van der Waals surface area contributed by atoms with E-state index in [-0.39, 0.29) is 25.2 Å². The predicted molar refractivity (Wildman–Crippen MR) is 370 cm³/mol. The molecule has 0 amide bonds. The van der Waals surface area contributed by atoms with Gasteiger partial charge < -0.3 is 14.6 Å². The maximum absolute atomic E-state index is 12.4. The Labute approximate surface area is 519 Å². The number of aliphatic hydroxyl groups excluding tert-OH is 1. The maximum atomic E-state index is 12.4. The van der Waals surface area contributed by atoms with E-state index in [0.29, 0.717) is 12.8 Å². The lowest BCUT2D eigenvalue weighted by molar-refractivity contribution is -0.161. The van der Waals surface area contributed by atoms with Gasteiger partial charge in [0.15, 0.2) is 6.10 Å². The third-order valence-electron chi connectivity index (χ3n) is 14.5. The molecule has 0 rings (SSSR count). The molecule has 0 saturated heterocycles. The number of hydrogen-bond acceptors (Lipinski definition) is 5. The number of aliphatic hydroxyl groups is 1. The topological polar surface area (TPSA) is 72.8 Å². The van der Waals surface area contributed by atoms with Gasteiger partial charge in [0.05, 0.1) is 6.61 Å². The van der Waals surface area contributed by atoms with Gasteiger partial charge in [-0.1, -0.05) is 319 Å². The summed E-state index contributed by atoms with van der Waals surface area (Å²) in [5, 5.41) is 9.69. The Kier molecular flexibility index (Phi) is 68.4. The van der Waals surface area contributed by atoms with E-state index < -0.39 is 6.10 Å².